The fraction of sp³-hybridized carbons (Fsp3) is 0.148. The lowest BCUT2D eigenvalue weighted by Crippen LogP contribution is -2.40. The third kappa shape index (κ3) is 4.48. The fourth-order valence-corrected chi connectivity index (χ4v) is 5.09. The Morgan fingerprint density at radius 1 is 1.14 bits per heavy atom. The number of carbonyl (C=O) groups is 1. The van der Waals surface area contributed by atoms with Gasteiger partial charge in [0.25, 0.3) is 11.5 Å². The van der Waals surface area contributed by atoms with Gasteiger partial charge in [-0.15, -0.1) is 0 Å². The number of para-hydroxylation sites is 1. The number of aromatic nitrogens is 1. The highest BCUT2D eigenvalue weighted by molar-refractivity contribution is 7.07. The van der Waals surface area contributed by atoms with Crippen molar-refractivity contribution in [2.75, 3.05) is 11.9 Å². The van der Waals surface area contributed by atoms with E-state index in [9.17, 15) is 9.59 Å². The van der Waals surface area contributed by atoms with Crippen molar-refractivity contribution in [2.45, 2.75) is 19.9 Å². The quantitative estimate of drug-likeness (QED) is 0.449. The molecule has 0 spiro atoms. The second-order valence-electron chi connectivity index (χ2n) is 7.92. The van der Waals surface area contributed by atoms with Gasteiger partial charge in [0.1, 0.15) is 11.5 Å². The van der Waals surface area contributed by atoms with Crippen LogP contribution in [-0.4, -0.2) is 17.1 Å². The highest BCUT2D eigenvalue weighted by Gasteiger charge is 2.32. The van der Waals surface area contributed by atoms with E-state index in [2.05, 4.69) is 10.3 Å². The van der Waals surface area contributed by atoms with Crippen molar-refractivity contribution >= 4 is 29.0 Å². The minimum Gasteiger partial charge on any atom is -0.494 e. The second-order valence-corrected chi connectivity index (χ2v) is 8.93. The Bertz CT molecular complexity index is 1560. The van der Waals surface area contributed by atoms with Crippen molar-refractivity contribution in [1.29, 1.82) is 0 Å². The van der Waals surface area contributed by atoms with Gasteiger partial charge >= 0.3 is 0 Å². The summed E-state index contributed by atoms with van der Waals surface area (Å²) in [7, 11) is 0. The number of thiazole rings is 1. The average Bonchev–Trinajstić information content (AvgIpc) is 3.47. The van der Waals surface area contributed by atoms with Gasteiger partial charge in [-0.2, -0.15) is 0 Å². The number of nitrogens with zero attached hydrogens (tertiary/aromatic N) is 2. The van der Waals surface area contributed by atoms with Gasteiger partial charge in [-0.1, -0.05) is 41.7 Å². The molecule has 2 aromatic carbocycles. The standard InChI is InChI=1S/C27H23N3O4S/c1-3-33-20-13-11-18(12-14-20)24-23(25(31)29-19-8-5-4-6-9-19)17(2)28-27-30(24)26(32)22(35-27)16-21-10-7-15-34-21/h4-16,24H,3H2,1-2H3,(H,29,31)/b22-16-/t24-/m0/s1. The first-order valence-electron chi connectivity index (χ1n) is 11.2. The van der Waals surface area contributed by atoms with Crippen LogP contribution in [0.5, 0.6) is 5.75 Å². The zero-order valence-corrected chi connectivity index (χ0v) is 20.0. The van der Waals surface area contributed by atoms with Gasteiger partial charge in [0.15, 0.2) is 4.80 Å². The van der Waals surface area contributed by atoms with Crippen LogP contribution in [0.2, 0.25) is 0 Å². The number of hydrogen-bond acceptors (Lipinski definition) is 6. The van der Waals surface area contributed by atoms with Crippen molar-refractivity contribution in [1.82, 2.24) is 4.57 Å². The van der Waals surface area contributed by atoms with E-state index in [4.69, 9.17) is 9.15 Å². The van der Waals surface area contributed by atoms with Crippen molar-refractivity contribution < 1.29 is 13.9 Å². The number of hydrogen-bond donors (Lipinski definition) is 1. The summed E-state index contributed by atoms with van der Waals surface area (Å²) in [6.07, 6.45) is 3.25. The van der Waals surface area contributed by atoms with Gasteiger partial charge < -0.3 is 14.5 Å². The summed E-state index contributed by atoms with van der Waals surface area (Å²) in [5.41, 5.74) is 2.18. The molecule has 7 nitrogen and oxygen atoms in total. The van der Waals surface area contributed by atoms with Crippen LogP contribution < -0.4 is 24.9 Å². The van der Waals surface area contributed by atoms with Crippen molar-refractivity contribution in [3.63, 3.8) is 0 Å². The maximum absolute atomic E-state index is 13.6. The molecule has 0 aliphatic carbocycles. The molecule has 5 rings (SSSR count). The Morgan fingerprint density at radius 2 is 1.91 bits per heavy atom. The van der Waals surface area contributed by atoms with Gasteiger partial charge in [-0.25, -0.2) is 4.99 Å². The van der Waals surface area contributed by atoms with E-state index in [1.807, 2.05) is 61.5 Å². The zero-order valence-electron chi connectivity index (χ0n) is 19.2. The molecular weight excluding hydrogens is 462 g/mol. The first-order chi connectivity index (χ1) is 17.0. The maximum Gasteiger partial charge on any atom is 0.271 e. The Labute approximate surface area is 205 Å². The summed E-state index contributed by atoms with van der Waals surface area (Å²) in [4.78, 5) is 32.3. The van der Waals surface area contributed by atoms with Crippen LogP contribution in [0, 0.1) is 0 Å². The molecule has 1 N–H and O–H groups in total. The van der Waals surface area contributed by atoms with Gasteiger partial charge in [-0.05, 0) is 55.8 Å². The molecule has 0 radical (unpaired) electrons. The van der Waals surface area contributed by atoms with Crippen LogP contribution >= 0.6 is 11.3 Å². The molecule has 0 saturated carbocycles. The maximum atomic E-state index is 13.6. The number of furan rings is 1. The zero-order chi connectivity index (χ0) is 24.4. The molecule has 1 aliphatic rings. The predicted octanol–water partition coefficient (Wildman–Crippen LogP) is 3.87. The lowest BCUT2D eigenvalue weighted by Gasteiger charge is -2.25. The van der Waals surface area contributed by atoms with Crippen molar-refractivity contribution in [3.8, 4) is 5.75 Å². The minimum atomic E-state index is -0.649. The minimum absolute atomic E-state index is 0.235. The highest BCUT2D eigenvalue weighted by atomic mass is 32.1. The highest BCUT2D eigenvalue weighted by Crippen LogP contribution is 2.31. The summed E-state index contributed by atoms with van der Waals surface area (Å²) in [5.74, 6) is 0.986. The first kappa shape index (κ1) is 22.6. The third-order valence-corrected chi connectivity index (χ3v) is 6.60. The Hall–Kier alpha value is -4.17. The van der Waals surface area contributed by atoms with Gasteiger partial charge in [-0.3, -0.25) is 14.2 Å². The molecule has 1 aliphatic heterocycles. The van der Waals surface area contributed by atoms with Gasteiger partial charge in [0, 0.05) is 11.8 Å². The third-order valence-electron chi connectivity index (χ3n) is 5.62. The number of ether oxygens (including phenoxy) is 1. The summed E-state index contributed by atoms with van der Waals surface area (Å²) >= 11 is 1.27. The number of rotatable bonds is 6. The Morgan fingerprint density at radius 3 is 2.60 bits per heavy atom. The normalized spacial score (nSPS) is 15.5. The average molecular weight is 486 g/mol. The molecule has 3 heterocycles. The van der Waals surface area contributed by atoms with Crippen LogP contribution in [0.15, 0.2) is 98.5 Å². The van der Waals surface area contributed by atoms with E-state index < -0.39 is 6.04 Å². The first-order valence-corrected chi connectivity index (χ1v) is 12.0. The van der Waals surface area contributed by atoms with Crippen molar-refractivity contribution in [2.24, 2.45) is 4.99 Å². The van der Waals surface area contributed by atoms with E-state index in [-0.39, 0.29) is 11.5 Å². The van der Waals surface area contributed by atoms with Crippen molar-refractivity contribution in [3.05, 3.63) is 115 Å². The number of nitrogens with one attached hydrogen (secondary N) is 1. The van der Waals surface area contributed by atoms with Crippen LogP contribution in [0.4, 0.5) is 5.69 Å². The van der Waals surface area contributed by atoms with Crippen LogP contribution in [0.1, 0.15) is 31.2 Å². The molecule has 4 aromatic rings. The summed E-state index contributed by atoms with van der Waals surface area (Å²) in [6, 6.07) is 19.6. The molecular formula is C27H23N3O4S. The monoisotopic (exact) mass is 485 g/mol. The molecule has 0 unspecified atom stereocenters. The van der Waals surface area contributed by atoms with Gasteiger partial charge in [0.05, 0.1) is 34.7 Å². The molecule has 1 amide bonds. The van der Waals surface area contributed by atoms with E-state index >= 15 is 0 Å². The Kier molecular flexibility index (Phi) is 6.20. The molecule has 0 bridgehead atoms. The van der Waals surface area contributed by atoms with E-state index in [1.54, 1.807) is 36.0 Å². The molecule has 0 fully saturated rings. The fourth-order valence-electron chi connectivity index (χ4n) is 4.06. The van der Waals surface area contributed by atoms with Crippen LogP contribution in [0.3, 0.4) is 0 Å². The topological polar surface area (TPSA) is 85.8 Å². The van der Waals surface area contributed by atoms with E-state index in [0.717, 1.165) is 11.3 Å². The molecule has 1 atom stereocenters. The number of carbonyl (C=O) groups excluding carboxylic acids is 1. The van der Waals surface area contributed by atoms with Gasteiger partial charge in [0.2, 0.25) is 0 Å². The number of fused-ring (bicyclic) bond motifs is 1. The Balaban J connectivity index is 1.66. The van der Waals surface area contributed by atoms with Crippen LogP contribution in [-0.2, 0) is 4.79 Å². The number of allylic oxidation sites excluding steroid dienone is 1. The molecule has 0 saturated heterocycles. The molecule has 2 aromatic heterocycles. The second kappa shape index (κ2) is 9.60. The SMILES string of the molecule is CCOc1ccc([C@H]2C(C(=O)Nc3ccccc3)=C(C)N=c3s/c(=C\c4ccco4)c(=O)n32)cc1. The number of anilines is 1. The van der Waals surface area contributed by atoms with Crippen LogP contribution in [0.25, 0.3) is 6.08 Å². The number of benzene rings is 2. The predicted molar refractivity (Wildman–Crippen MR) is 135 cm³/mol. The molecule has 35 heavy (non-hydrogen) atoms. The number of amides is 1. The smallest absolute Gasteiger partial charge is 0.271 e. The largest absolute Gasteiger partial charge is 0.494 e. The lowest BCUT2D eigenvalue weighted by atomic mass is 9.95. The summed E-state index contributed by atoms with van der Waals surface area (Å²) in [6.45, 7) is 4.26. The summed E-state index contributed by atoms with van der Waals surface area (Å²) < 4.78 is 13.1. The van der Waals surface area contributed by atoms with E-state index in [0.29, 0.717) is 38.7 Å². The molecule has 176 valence electrons. The molecule has 8 heteroatoms. The lowest BCUT2D eigenvalue weighted by molar-refractivity contribution is -0.113. The summed E-state index contributed by atoms with van der Waals surface area (Å²) in [5, 5.41) is 2.95. The van der Waals surface area contributed by atoms with E-state index in [1.165, 1.54) is 11.3 Å².